The number of ether oxygens (including phenoxy) is 2. The number of hydrogen-bond donors (Lipinski definition) is 1. The summed E-state index contributed by atoms with van der Waals surface area (Å²) in [5, 5.41) is 0. The minimum Gasteiger partial charge on any atom is -0.457 e. The number of imidazole rings is 1. The maximum absolute atomic E-state index is 11.6. The highest BCUT2D eigenvalue weighted by Gasteiger charge is 2.14. The summed E-state index contributed by atoms with van der Waals surface area (Å²) in [6.07, 6.45) is 4.69. The number of nitrogens with two attached hydrogens (primary N) is 1. The van der Waals surface area contributed by atoms with Crippen molar-refractivity contribution in [1.82, 2.24) is 9.55 Å². The van der Waals surface area contributed by atoms with Crippen LogP contribution < -0.4 is 5.73 Å². The van der Waals surface area contributed by atoms with Gasteiger partial charge in [0, 0.05) is 27.0 Å². The topological polar surface area (TPSA) is 79.4 Å². The predicted octanol–water partition coefficient (Wildman–Crippen LogP) is 3.13. The van der Waals surface area contributed by atoms with E-state index in [1.807, 2.05) is 20.8 Å². The normalized spacial score (nSPS) is 12.8. The van der Waals surface area contributed by atoms with Gasteiger partial charge >= 0.3 is 5.97 Å². The molecular formula is C16H29N3O3Si. The number of nitrogen functional groups attached to an aromatic ring is 1. The van der Waals surface area contributed by atoms with Crippen LogP contribution in [0, 0.1) is 0 Å². The lowest BCUT2D eigenvalue weighted by Gasteiger charge is -2.17. The Bertz CT molecular complexity index is 554. The van der Waals surface area contributed by atoms with E-state index in [1.54, 1.807) is 16.8 Å². The summed E-state index contributed by atoms with van der Waals surface area (Å²) in [7, 11) is -1.09. The average Bonchev–Trinajstić information content (AvgIpc) is 2.70. The lowest BCUT2D eigenvalue weighted by atomic mass is 10.2. The van der Waals surface area contributed by atoms with E-state index in [9.17, 15) is 4.79 Å². The maximum Gasteiger partial charge on any atom is 0.331 e. The van der Waals surface area contributed by atoms with E-state index in [-0.39, 0.29) is 0 Å². The highest BCUT2D eigenvalue weighted by molar-refractivity contribution is 6.76. The lowest BCUT2D eigenvalue weighted by Crippen LogP contribution is -2.22. The number of nitrogens with zero attached hydrogens (tertiary/aromatic N) is 2. The Morgan fingerprint density at radius 2 is 2.04 bits per heavy atom. The van der Waals surface area contributed by atoms with Crippen molar-refractivity contribution in [2.24, 2.45) is 0 Å². The minimum absolute atomic E-state index is 0.363. The summed E-state index contributed by atoms with van der Waals surface area (Å²) in [6.45, 7) is 13.5. The first-order chi connectivity index (χ1) is 10.5. The quantitative estimate of drug-likeness (QED) is 0.357. The van der Waals surface area contributed by atoms with Crippen molar-refractivity contribution in [2.75, 3.05) is 12.3 Å². The Morgan fingerprint density at radius 1 is 1.39 bits per heavy atom. The van der Waals surface area contributed by atoms with Gasteiger partial charge in [-0.3, -0.25) is 4.57 Å². The molecule has 0 amide bonds. The molecule has 0 aromatic carbocycles. The maximum atomic E-state index is 11.6. The molecule has 6 nitrogen and oxygen atoms in total. The van der Waals surface area contributed by atoms with Crippen molar-refractivity contribution >= 4 is 26.1 Å². The highest BCUT2D eigenvalue weighted by Crippen LogP contribution is 2.11. The first kappa shape index (κ1) is 19.4. The van der Waals surface area contributed by atoms with E-state index < -0.39 is 19.6 Å². The van der Waals surface area contributed by atoms with Crippen molar-refractivity contribution in [3.63, 3.8) is 0 Å². The molecule has 0 spiro atoms. The lowest BCUT2D eigenvalue weighted by molar-refractivity contribution is -0.148. The first-order valence-electron chi connectivity index (χ1n) is 7.78. The van der Waals surface area contributed by atoms with Gasteiger partial charge in [-0.25, -0.2) is 9.78 Å². The van der Waals surface area contributed by atoms with Crippen LogP contribution in [0.25, 0.3) is 6.08 Å². The van der Waals surface area contributed by atoms with Gasteiger partial charge in [0.1, 0.15) is 12.3 Å². The number of anilines is 1. The van der Waals surface area contributed by atoms with Gasteiger partial charge in [-0.2, -0.15) is 0 Å². The van der Waals surface area contributed by atoms with Crippen molar-refractivity contribution in [3.05, 3.63) is 18.0 Å². The third-order valence-electron chi connectivity index (χ3n) is 2.85. The number of aromatic nitrogens is 2. The van der Waals surface area contributed by atoms with E-state index in [0.717, 1.165) is 12.7 Å². The van der Waals surface area contributed by atoms with Gasteiger partial charge < -0.3 is 15.2 Å². The van der Waals surface area contributed by atoms with Gasteiger partial charge in [0.15, 0.2) is 0 Å². The molecule has 1 heterocycles. The molecule has 0 saturated heterocycles. The summed E-state index contributed by atoms with van der Waals surface area (Å²) in [6, 6.07) is 1.10. The Balaban J connectivity index is 2.53. The molecule has 1 aromatic heterocycles. The molecule has 2 N–H and O–H groups in total. The summed E-state index contributed by atoms with van der Waals surface area (Å²) < 4.78 is 12.6. The molecule has 0 aliphatic carbocycles. The van der Waals surface area contributed by atoms with Crippen LogP contribution in [0.4, 0.5) is 5.95 Å². The summed E-state index contributed by atoms with van der Waals surface area (Å²) in [4.78, 5) is 15.8. The molecule has 0 aliphatic heterocycles. The molecule has 0 aliphatic rings. The SMILES string of the molecule is CC(C)(C)OC(=O)/C=C/c1cn(COCC[Si](C)(C)C)c(N)n1. The molecule has 0 atom stereocenters. The number of hydrogen-bond acceptors (Lipinski definition) is 5. The van der Waals surface area contributed by atoms with Gasteiger partial charge in [-0.15, -0.1) is 0 Å². The fraction of sp³-hybridized carbons (Fsp3) is 0.625. The summed E-state index contributed by atoms with van der Waals surface area (Å²) >= 11 is 0. The van der Waals surface area contributed by atoms with Crippen LogP contribution in [0.1, 0.15) is 26.5 Å². The Kier molecular flexibility index (Phi) is 6.58. The second-order valence-corrected chi connectivity index (χ2v) is 13.3. The van der Waals surface area contributed by atoms with Gasteiger partial charge in [-0.05, 0) is 32.9 Å². The smallest absolute Gasteiger partial charge is 0.331 e. The van der Waals surface area contributed by atoms with Gasteiger partial charge in [0.25, 0.3) is 0 Å². The Labute approximate surface area is 139 Å². The average molecular weight is 340 g/mol. The second-order valence-electron chi connectivity index (χ2n) is 7.71. The third kappa shape index (κ3) is 8.56. The molecule has 23 heavy (non-hydrogen) atoms. The van der Waals surface area contributed by atoms with E-state index in [2.05, 4.69) is 24.6 Å². The molecule has 7 heteroatoms. The van der Waals surface area contributed by atoms with Crippen LogP contribution in [0.5, 0.6) is 0 Å². The Morgan fingerprint density at radius 3 is 2.61 bits per heavy atom. The predicted molar refractivity (Wildman–Crippen MR) is 95.6 cm³/mol. The molecule has 0 bridgehead atoms. The van der Waals surface area contributed by atoms with Crippen molar-refractivity contribution in [2.45, 2.75) is 58.8 Å². The van der Waals surface area contributed by atoms with Crippen LogP contribution >= 0.6 is 0 Å². The molecule has 0 fully saturated rings. The number of carbonyl (C=O) groups excluding carboxylic acids is 1. The van der Waals surface area contributed by atoms with Crippen molar-refractivity contribution in [3.8, 4) is 0 Å². The largest absolute Gasteiger partial charge is 0.457 e. The first-order valence-corrected chi connectivity index (χ1v) is 11.5. The fourth-order valence-corrected chi connectivity index (χ4v) is 2.42. The fourth-order valence-electron chi connectivity index (χ4n) is 1.67. The standard InChI is InChI=1S/C16H29N3O3Si/c1-16(2,3)22-14(20)8-7-13-11-19(15(17)18-13)12-21-9-10-23(4,5)6/h7-8,11H,9-10,12H2,1-6H3,(H2,17,18)/b8-7+. The molecule has 0 unspecified atom stereocenters. The van der Waals surface area contributed by atoms with Crippen molar-refractivity contribution in [1.29, 1.82) is 0 Å². The monoisotopic (exact) mass is 339 g/mol. The van der Waals surface area contributed by atoms with E-state index >= 15 is 0 Å². The highest BCUT2D eigenvalue weighted by atomic mass is 28.3. The van der Waals surface area contributed by atoms with E-state index in [1.165, 1.54) is 6.08 Å². The van der Waals surface area contributed by atoms with Crippen LogP contribution in [-0.2, 0) is 21.0 Å². The van der Waals surface area contributed by atoms with Crippen LogP contribution in [-0.4, -0.2) is 35.8 Å². The van der Waals surface area contributed by atoms with Crippen molar-refractivity contribution < 1.29 is 14.3 Å². The van der Waals surface area contributed by atoms with Gasteiger partial charge in [0.2, 0.25) is 5.95 Å². The molecule has 130 valence electrons. The van der Waals surface area contributed by atoms with Crippen LogP contribution in [0.3, 0.4) is 0 Å². The zero-order valence-electron chi connectivity index (χ0n) is 15.0. The Hall–Kier alpha value is -1.60. The molecule has 1 rings (SSSR count). The minimum atomic E-state index is -1.09. The van der Waals surface area contributed by atoms with Gasteiger partial charge in [0.05, 0.1) is 5.69 Å². The molecular weight excluding hydrogens is 310 g/mol. The van der Waals surface area contributed by atoms with E-state index in [0.29, 0.717) is 18.4 Å². The second kappa shape index (κ2) is 7.78. The summed E-state index contributed by atoms with van der Waals surface area (Å²) in [5.41, 5.74) is 5.94. The number of carbonyl (C=O) groups is 1. The van der Waals surface area contributed by atoms with Crippen LogP contribution in [0.15, 0.2) is 12.3 Å². The summed E-state index contributed by atoms with van der Waals surface area (Å²) in [5.74, 6) is -0.0427. The molecule has 0 radical (unpaired) electrons. The van der Waals surface area contributed by atoms with E-state index in [4.69, 9.17) is 15.2 Å². The zero-order valence-corrected chi connectivity index (χ0v) is 16.0. The number of rotatable bonds is 7. The number of esters is 1. The zero-order chi connectivity index (χ0) is 17.7. The molecule has 0 saturated carbocycles. The molecule has 1 aromatic rings. The van der Waals surface area contributed by atoms with Gasteiger partial charge in [-0.1, -0.05) is 19.6 Å². The van der Waals surface area contributed by atoms with Crippen LogP contribution in [0.2, 0.25) is 25.7 Å². The third-order valence-corrected chi connectivity index (χ3v) is 4.55.